The molecule has 2 aromatic carbocycles. The van der Waals surface area contributed by atoms with E-state index < -0.39 is 140 Å². The highest BCUT2D eigenvalue weighted by Crippen LogP contribution is 2.46. The van der Waals surface area contributed by atoms with E-state index in [9.17, 15) is 57.8 Å². The van der Waals surface area contributed by atoms with Gasteiger partial charge >= 0.3 is 17.9 Å². The number of hydrogen-bond donors (Lipinski definition) is 11. The van der Waals surface area contributed by atoms with E-state index in [1.54, 1.807) is 50.2 Å². The smallest absolute Gasteiger partial charge is 0.343 e. The van der Waals surface area contributed by atoms with Crippen LogP contribution in [0.4, 0.5) is 4.39 Å². The predicted octanol–water partition coefficient (Wildman–Crippen LogP) is -1.62. The second-order valence-electron chi connectivity index (χ2n) is 19.1. The number of halogens is 1. The highest BCUT2D eigenvalue weighted by atomic mass is 19.1. The first kappa shape index (κ1) is 58.7. The molecule has 0 radical (unpaired) electrons. The molecule has 7 amide bonds. The minimum absolute atomic E-state index is 0.0249. The number of rotatable bonds is 25. The maximum atomic E-state index is 15.4. The molecular formula is C53H59FN10O16. The minimum Gasteiger partial charge on any atom is -0.480 e. The van der Waals surface area contributed by atoms with E-state index in [4.69, 9.17) is 24.7 Å². The number of carbonyl (C=O) groups is 10. The summed E-state index contributed by atoms with van der Waals surface area (Å²) in [7, 11) is 0. The molecule has 0 saturated heterocycles. The summed E-state index contributed by atoms with van der Waals surface area (Å²) in [5.74, 6) is -9.81. The predicted molar refractivity (Wildman–Crippen MR) is 277 cm³/mol. The number of nitrogens with zero attached hydrogens (tertiary/aromatic N) is 2. The summed E-state index contributed by atoms with van der Waals surface area (Å²) in [5, 5.41) is 49.2. The van der Waals surface area contributed by atoms with E-state index in [0.29, 0.717) is 70.4 Å². The summed E-state index contributed by atoms with van der Waals surface area (Å²) in [4.78, 5) is 144. The number of carboxylic acids is 2. The molecule has 7 rings (SSSR count). The Hall–Kier alpha value is -8.95. The van der Waals surface area contributed by atoms with E-state index >= 15 is 4.39 Å². The van der Waals surface area contributed by atoms with Crippen LogP contribution in [0, 0.1) is 12.7 Å². The molecule has 4 aromatic rings. The van der Waals surface area contributed by atoms with Crippen molar-refractivity contribution in [3.8, 4) is 11.4 Å². The Morgan fingerprint density at radius 2 is 1.55 bits per heavy atom. The summed E-state index contributed by atoms with van der Waals surface area (Å²) < 4.78 is 27.8. The van der Waals surface area contributed by atoms with Crippen LogP contribution in [0.5, 0.6) is 0 Å². The largest absolute Gasteiger partial charge is 0.480 e. The molecule has 4 heterocycles. The number of aromatic nitrogens is 2. The monoisotopic (exact) mass is 1110 g/mol. The Balaban J connectivity index is 0.927. The number of amides is 7. The SMILES string of the molecule is CC[C@@]1(O)C(=O)OCc2c1cc1n(c2=O)Cc2c-1nc1cc(F)c(C)c3c1c2[C@@H](NC(=O)[C@H](C)OCNC(=O)CNC(=O)[C@H](CCc1ccccc1)NC(=O)CNC(=O)CNC(=O)[C@@H](CNCC(=O)O)NC(=O)/C=C\C(=O)O)CC3. The molecule has 0 saturated carbocycles. The van der Waals surface area contributed by atoms with Crippen LogP contribution in [0.25, 0.3) is 22.3 Å². The number of hydrogen-bond acceptors (Lipinski definition) is 16. The first-order chi connectivity index (χ1) is 38.1. The quantitative estimate of drug-likeness (QED) is 0.0178. The molecule has 5 atom stereocenters. The second kappa shape index (κ2) is 25.7. The van der Waals surface area contributed by atoms with E-state index in [2.05, 4.69) is 42.5 Å². The Morgan fingerprint density at radius 1 is 0.863 bits per heavy atom. The van der Waals surface area contributed by atoms with Crippen LogP contribution in [0.1, 0.15) is 78.1 Å². The van der Waals surface area contributed by atoms with Crippen LogP contribution in [0.15, 0.2) is 59.4 Å². The third-order valence-electron chi connectivity index (χ3n) is 13.8. The van der Waals surface area contributed by atoms with Crippen molar-refractivity contribution in [1.29, 1.82) is 0 Å². The van der Waals surface area contributed by atoms with E-state index in [1.165, 1.54) is 17.6 Å². The lowest BCUT2D eigenvalue weighted by Crippen LogP contribution is -2.54. The van der Waals surface area contributed by atoms with Crippen molar-refractivity contribution < 1.29 is 77.1 Å². The van der Waals surface area contributed by atoms with Crippen LogP contribution < -0.4 is 48.1 Å². The second-order valence-corrected chi connectivity index (χ2v) is 19.1. The van der Waals surface area contributed by atoms with Gasteiger partial charge in [0.2, 0.25) is 41.4 Å². The van der Waals surface area contributed by atoms with Gasteiger partial charge in [0.15, 0.2) is 5.60 Å². The molecule has 0 unspecified atom stereocenters. The topological polar surface area (TPSA) is 381 Å². The maximum absolute atomic E-state index is 15.4. The van der Waals surface area contributed by atoms with Gasteiger partial charge in [0.1, 0.15) is 37.3 Å². The minimum atomic E-state index is -2.07. The first-order valence-corrected chi connectivity index (χ1v) is 25.4. The highest BCUT2D eigenvalue weighted by Gasteiger charge is 2.46. The molecule has 11 N–H and O–H groups in total. The van der Waals surface area contributed by atoms with Gasteiger partial charge < -0.3 is 71.9 Å². The van der Waals surface area contributed by atoms with E-state index in [1.807, 2.05) is 0 Å². The van der Waals surface area contributed by atoms with Gasteiger partial charge in [0.25, 0.3) is 5.56 Å². The first-order valence-electron chi connectivity index (χ1n) is 25.4. The summed E-state index contributed by atoms with van der Waals surface area (Å²) >= 11 is 0. The zero-order valence-corrected chi connectivity index (χ0v) is 43.6. The molecule has 1 aliphatic carbocycles. The number of carboxylic acid groups (broad SMARTS) is 2. The third-order valence-corrected chi connectivity index (χ3v) is 13.8. The lowest BCUT2D eigenvalue weighted by atomic mass is 9.81. The number of fused-ring (bicyclic) bond motifs is 5. The average molecular weight is 1110 g/mol. The van der Waals surface area contributed by atoms with E-state index in [0.717, 1.165) is 5.56 Å². The summed E-state index contributed by atoms with van der Waals surface area (Å²) in [6.07, 6.45) is 0.988. The van der Waals surface area contributed by atoms with Gasteiger partial charge in [-0.1, -0.05) is 37.3 Å². The van der Waals surface area contributed by atoms with Crippen molar-refractivity contribution in [1.82, 2.24) is 52.1 Å². The molecular weight excluding hydrogens is 1050 g/mol. The van der Waals surface area contributed by atoms with Crippen LogP contribution >= 0.6 is 0 Å². The third kappa shape index (κ3) is 13.7. The van der Waals surface area contributed by atoms with Gasteiger partial charge in [0.05, 0.1) is 61.2 Å². The fraction of sp³-hybridized carbons (Fsp3) is 0.396. The van der Waals surface area contributed by atoms with Crippen LogP contribution in [-0.4, -0.2) is 142 Å². The van der Waals surface area contributed by atoms with Crippen molar-refractivity contribution in [2.45, 2.75) is 95.9 Å². The molecule has 3 aliphatic rings. The zero-order valence-electron chi connectivity index (χ0n) is 43.6. The Bertz CT molecular complexity index is 3260. The number of benzene rings is 2. The fourth-order valence-electron chi connectivity index (χ4n) is 9.57. The number of nitrogens with one attached hydrogen (secondary N) is 8. The summed E-state index contributed by atoms with van der Waals surface area (Å²) in [5.41, 5.74) is 1.74. The molecule has 27 heteroatoms. The molecule has 0 spiro atoms. The number of aliphatic hydroxyl groups is 1. The van der Waals surface area contributed by atoms with Gasteiger partial charge in [0, 0.05) is 41.3 Å². The lowest BCUT2D eigenvalue weighted by molar-refractivity contribution is -0.172. The number of aryl methyl sites for hydroxylation is 2. The standard InChI is InChI=1S/C53H59FN10O16/c1-4-53(78)32-16-38-47-30(23-64(38)51(76)31(32)24-79-52(53)77)46-34(13-11-29-26(2)33(54)17-36(62-47)45(29)46)63-48(73)27(3)80-25-59-41(67)20-57-49(74)35(12-10-28-8-6-5-7-9-28)60-42(68)21-56-40(66)19-58-50(75)37(18-55-22-44(71)72)61-39(65)14-15-43(69)70/h5-9,14-17,27,34-35,37,55,78H,4,10-13,18-25H2,1-3H3,(H,56,66)(H,57,74)(H,58,75)(H,59,67)(H,60,68)(H,61,65)(H,63,73)(H,69,70)(H,71,72)/b15-14-/t27-,34-,35-,37+,53-/m0/s1. The van der Waals surface area contributed by atoms with Crippen molar-refractivity contribution in [2.75, 3.05) is 39.5 Å². The Morgan fingerprint density at radius 3 is 2.24 bits per heavy atom. The molecule has 0 fully saturated rings. The lowest BCUT2D eigenvalue weighted by Gasteiger charge is -2.31. The van der Waals surface area contributed by atoms with Gasteiger partial charge in [-0.05, 0) is 74.3 Å². The Kier molecular flexibility index (Phi) is 18.8. The Labute approximate surface area is 454 Å². The number of aliphatic carboxylic acids is 2. The van der Waals surface area contributed by atoms with Crippen molar-refractivity contribution in [3.05, 3.63) is 110 Å². The molecule has 0 bridgehead atoms. The van der Waals surface area contributed by atoms with Crippen LogP contribution in [0.2, 0.25) is 0 Å². The number of ether oxygens (including phenoxy) is 2. The molecule has 424 valence electrons. The summed E-state index contributed by atoms with van der Waals surface area (Å²) in [6.45, 7) is 0.940. The maximum Gasteiger partial charge on any atom is 0.343 e. The van der Waals surface area contributed by atoms with Crippen molar-refractivity contribution in [2.24, 2.45) is 0 Å². The van der Waals surface area contributed by atoms with Gasteiger partial charge in [-0.15, -0.1) is 0 Å². The number of esters is 1. The van der Waals surface area contributed by atoms with Crippen LogP contribution in [0.3, 0.4) is 0 Å². The number of cyclic esters (lactones) is 1. The van der Waals surface area contributed by atoms with Crippen LogP contribution in [-0.2, 0) is 89.0 Å². The van der Waals surface area contributed by atoms with Crippen molar-refractivity contribution >= 4 is 70.2 Å². The molecule has 2 aliphatic heterocycles. The molecule has 26 nitrogen and oxygen atoms in total. The molecule has 2 aromatic heterocycles. The van der Waals surface area contributed by atoms with Gasteiger partial charge in [-0.3, -0.25) is 43.2 Å². The normalized spacial score (nSPS) is 16.9. The highest BCUT2D eigenvalue weighted by molar-refractivity contribution is 5.98. The zero-order chi connectivity index (χ0) is 58.0. The average Bonchev–Trinajstić information content (AvgIpc) is 3.94. The molecule has 80 heavy (non-hydrogen) atoms. The number of pyridine rings is 2. The van der Waals surface area contributed by atoms with Gasteiger partial charge in [-0.25, -0.2) is 19.0 Å². The summed E-state index contributed by atoms with van der Waals surface area (Å²) in [6, 6.07) is 8.46. The van der Waals surface area contributed by atoms with Gasteiger partial charge in [-0.2, -0.15) is 0 Å². The van der Waals surface area contributed by atoms with E-state index in [-0.39, 0.29) is 42.6 Å². The number of carbonyl (C=O) groups excluding carboxylic acids is 8. The van der Waals surface area contributed by atoms with Crippen molar-refractivity contribution in [3.63, 3.8) is 0 Å². The fourth-order valence-corrected chi connectivity index (χ4v) is 9.57.